The third kappa shape index (κ3) is 4.21. The van der Waals surface area contributed by atoms with Crippen molar-refractivity contribution in [1.29, 1.82) is 0 Å². The zero-order chi connectivity index (χ0) is 12.0. The lowest BCUT2D eigenvalue weighted by molar-refractivity contribution is -0.141. The summed E-state index contributed by atoms with van der Waals surface area (Å²) in [4.78, 5) is 22.2. The van der Waals surface area contributed by atoms with Gasteiger partial charge in [-0.1, -0.05) is 19.8 Å². The number of carbonyl (C=O) groups excluding carboxylic acids is 1. The Balaban J connectivity index is 2.18. The Morgan fingerprint density at radius 2 is 2.06 bits per heavy atom. The molecule has 1 aliphatic carbocycles. The molecule has 1 saturated carbocycles. The fourth-order valence-electron chi connectivity index (χ4n) is 2.17. The fraction of sp³-hybridized carbons (Fsp3) is 0.833. The molecule has 1 rings (SSSR count). The molecule has 0 aromatic rings. The van der Waals surface area contributed by atoms with Crippen molar-refractivity contribution in [3.63, 3.8) is 0 Å². The molecule has 0 spiro atoms. The standard InChI is InChI=1S/C12H21NO3/c1-2-3-4-5-11(14)13-10-7-6-9(8-10)12(15)16/h9-10H,2-8H2,1H3,(H,13,14)(H,15,16)/t9-,10+/m0/s1. The number of rotatable bonds is 6. The normalized spacial score (nSPS) is 24.3. The summed E-state index contributed by atoms with van der Waals surface area (Å²) in [6.07, 6.45) is 5.77. The van der Waals surface area contributed by atoms with E-state index in [0.717, 1.165) is 25.7 Å². The molecule has 0 aliphatic heterocycles. The number of carbonyl (C=O) groups is 2. The molecule has 1 amide bonds. The summed E-state index contributed by atoms with van der Waals surface area (Å²) >= 11 is 0. The van der Waals surface area contributed by atoms with Crippen LogP contribution in [-0.2, 0) is 9.59 Å². The van der Waals surface area contributed by atoms with Crippen molar-refractivity contribution in [1.82, 2.24) is 5.32 Å². The van der Waals surface area contributed by atoms with Gasteiger partial charge in [0.25, 0.3) is 0 Å². The number of carboxylic acids is 1. The Hall–Kier alpha value is -1.06. The minimum atomic E-state index is -0.734. The highest BCUT2D eigenvalue weighted by Gasteiger charge is 2.30. The van der Waals surface area contributed by atoms with Gasteiger partial charge in [-0.2, -0.15) is 0 Å². The van der Waals surface area contributed by atoms with Gasteiger partial charge in [0.05, 0.1) is 5.92 Å². The number of hydrogen-bond acceptors (Lipinski definition) is 2. The molecule has 4 nitrogen and oxygen atoms in total. The molecule has 16 heavy (non-hydrogen) atoms. The lowest BCUT2D eigenvalue weighted by Gasteiger charge is -2.12. The van der Waals surface area contributed by atoms with Gasteiger partial charge in [0.15, 0.2) is 0 Å². The summed E-state index contributed by atoms with van der Waals surface area (Å²) in [6.45, 7) is 2.10. The number of carboxylic acid groups (broad SMARTS) is 1. The molecule has 0 aromatic carbocycles. The summed E-state index contributed by atoms with van der Waals surface area (Å²) in [5.74, 6) is -0.923. The van der Waals surface area contributed by atoms with Gasteiger partial charge in [-0.05, 0) is 25.7 Å². The van der Waals surface area contributed by atoms with E-state index in [1.165, 1.54) is 0 Å². The van der Waals surface area contributed by atoms with Crippen LogP contribution in [0.25, 0.3) is 0 Å². The fourth-order valence-corrected chi connectivity index (χ4v) is 2.17. The summed E-state index contributed by atoms with van der Waals surface area (Å²) in [5, 5.41) is 11.7. The lowest BCUT2D eigenvalue weighted by Crippen LogP contribution is -2.33. The van der Waals surface area contributed by atoms with Crippen molar-refractivity contribution in [2.24, 2.45) is 5.92 Å². The topological polar surface area (TPSA) is 66.4 Å². The number of amides is 1. The zero-order valence-electron chi connectivity index (χ0n) is 9.87. The van der Waals surface area contributed by atoms with Crippen molar-refractivity contribution in [2.75, 3.05) is 0 Å². The van der Waals surface area contributed by atoms with E-state index < -0.39 is 5.97 Å². The van der Waals surface area contributed by atoms with E-state index >= 15 is 0 Å². The first-order valence-electron chi connectivity index (χ1n) is 6.15. The van der Waals surface area contributed by atoms with Gasteiger partial charge in [0.2, 0.25) is 5.91 Å². The minimum Gasteiger partial charge on any atom is -0.481 e. The van der Waals surface area contributed by atoms with Gasteiger partial charge in [0, 0.05) is 12.5 Å². The van der Waals surface area contributed by atoms with Crippen LogP contribution < -0.4 is 5.32 Å². The zero-order valence-corrected chi connectivity index (χ0v) is 9.87. The van der Waals surface area contributed by atoms with Crippen molar-refractivity contribution >= 4 is 11.9 Å². The maximum atomic E-state index is 11.5. The number of aliphatic carboxylic acids is 1. The largest absolute Gasteiger partial charge is 0.481 e. The molecule has 2 N–H and O–H groups in total. The summed E-state index contributed by atoms with van der Waals surface area (Å²) in [7, 11) is 0. The van der Waals surface area contributed by atoms with Crippen molar-refractivity contribution in [3.05, 3.63) is 0 Å². The molecule has 4 heteroatoms. The number of unbranched alkanes of at least 4 members (excludes halogenated alkanes) is 2. The summed E-state index contributed by atoms with van der Waals surface area (Å²) in [6, 6.07) is 0.0789. The molecule has 1 fully saturated rings. The monoisotopic (exact) mass is 227 g/mol. The van der Waals surface area contributed by atoms with Gasteiger partial charge in [-0.15, -0.1) is 0 Å². The van der Waals surface area contributed by atoms with Crippen LogP contribution in [0.15, 0.2) is 0 Å². The van der Waals surface area contributed by atoms with Crippen molar-refractivity contribution < 1.29 is 14.7 Å². The first-order valence-corrected chi connectivity index (χ1v) is 6.15. The smallest absolute Gasteiger partial charge is 0.306 e. The van der Waals surface area contributed by atoms with E-state index in [1.54, 1.807) is 0 Å². The Kier molecular flexibility index (Phi) is 5.29. The van der Waals surface area contributed by atoms with Crippen LogP contribution in [0.3, 0.4) is 0 Å². The van der Waals surface area contributed by atoms with Crippen LogP contribution >= 0.6 is 0 Å². The Morgan fingerprint density at radius 3 is 2.62 bits per heavy atom. The molecule has 0 radical (unpaired) electrons. The van der Waals surface area contributed by atoms with Crippen LogP contribution in [0.1, 0.15) is 51.9 Å². The van der Waals surface area contributed by atoms with Gasteiger partial charge < -0.3 is 10.4 Å². The molecular weight excluding hydrogens is 206 g/mol. The van der Waals surface area contributed by atoms with Crippen LogP contribution in [0.2, 0.25) is 0 Å². The van der Waals surface area contributed by atoms with Crippen LogP contribution in [0, 0.1) is 5.92 Å². The van der Waals surface area contributed by atoms with E-state index in [2.05, 4.69) is 12.2 Å². The van der Waals surface area contributed by atoms with E-state index in [9.17, 15) is 9.59 Å². The molecule has 0 heterocycles. The Labute approximate surface area is 96.4 Å². The third-order valence-corrected chi connectivity index (χ3v) is 3.15. The van der Waals surface area contributed by atoms with Crippen LogP contribution in [-0.4, -0.2) is 23.0 Å². The Bertz CT molecular complexity index is 253. The highest BCUT2D eigenvalue weighted by molar-refractivity contribution is 5.76. The molecule has 2 atom stereocenters. The quantitative estimate of drug-likeness (QED) is 0.681. The van der Waals surface area contributed by atoms with Crippen LogP contribution in [0.5, 0.6) is 0 Å². The average Bonchev–Trinajstić information content (AvgIpc) is 2.66. The van der Waals surface area contributed by atoms with E-state index in [0.29, 0.717) is 19.3 Å². The number of nitrogens with one attached hydrogen (secondary N) is 1. The van der Waals surface area contributed by atoms with E-state index in [4.69, 9.17) is 5.11 Å². The van der Waals surface area contributed by atoms with E-state index in [1.807, 2.05) is 0 Å². The first-order chi connectivity index (χ1) is 7.63. The minimum absolute atomic E-state index is 0.0736. The van der Waals surface area contributed by atoms with Crippen molar-refractivity contribution in [3.8, 4) is 0 Å². The number of hydrogen-bond donors (Lipinski definition) is 2. The second kappa shape index (κ2) is 6.51. The Morgan fingerprint density at radius 1 is 1.31 bits per heavy atom. The summed E-state index contributed by atoms with van der Waals surface area (Å²) < 4.78 is 0. The highest BCUT2D eigenvalue weighted by Crippen LogP contribution is 2.25. The van der Waals surface area contributed by atoms with Gasteiger partial charge in [0.1, 0.15) is 0 Å². The van der Waals surface area contributed by atoms with E-state index in [-0.39, 0.29) is 17.9 Å². The average molecular weight is 227 g/mol. The van der Waals surface area contributed by atoms with Gasteiger partial charge >= 0.3 is 5.97 Å². The van der Waals surface area contributed by atoms with Crippen molar-refractivity contribution in [2.45, 2.75) is 57.9 Å². The van der Waals surface area contributed by atoms with Crippen LogP contribution in [0.4, 0.5) is 0 Å². The predicted molar refractivity (Wildman–Crippen MR) is 61.0 cm³/mol. The molecule has 1 aliphatic rings. The predicted octanol–water partition coefficient (Wildman–Crippen LogP) is 1.94. The molecule has 92 valence electrons. The second-order valence-corrected chi connectivity index (χ2v) is 4.57. The summed E-state index contributed by atoms with van der Waals surface area (Å²) in [5.41, 5.74) is 0. The third-order valence-electron chi connectivity index (χ3n) is 3.15. The second-order valence-electron chi connectivity index (χ2n) is 4.57. The highest BCUT2D eigenvalue weighted by atomic mass is 16.4. The molecule has 0 unspecified atom stereocenters. The molecular formula is C12H21NO3. The molecule has 0 saturated heterocycles. The molecule has 0 bridgehead atoms. The SMILES string of the molecule is CCCCCC(=O)N[C@@H]1CC[C@H](C(=O)O)C1. The van der Waals surface area contributed by atoms with Gasteiger partial charge in [-0.3, -0.25) is 9.59 Å². The van der Waals surface area contributed by atoms with Gasteiger partial charge in [-0.25, -0.2) is 0 Å². The first kappa shape index (κ1) is 13.0. The molecule has 0 aromatic heterocycles. The lowest BCUT2D eigenvalue weighted by atomic mass is 10.1. The maximum absolute atomic E-state index is 11.5. The maximum Gasteiger partial charge on any atom is 0.306 e.